The van der Waals surface area contributed by atoms with Crippen LogP contribution in [0.2, 0.25) is 0 Å². The van der Waals surface area contributed by atoms with Crippen molar-refractivity contribution in [1.82, 2.24) is 9.97 Å². The summed E-state index contributed by atoms with van der Waals surface area (Å²) in [4.78, 5) is 27.8. The zero-order valence-corrected chi connectivity index (χ0v) is 13.9. The van der Waals surface area contributed by atoms with Crippen molar-refractivity contribution < 1.29 is 0 Å². The summed E-state index contributed by atoms with van der Waals surface area (Å²) in [5.41, 5.74) is 2.01. The summed E-state index contributed by atoms with van der Waals surface area (Å²) in [7, 11) is 0. The van der Waals surface area contributed by atoms with Gasteiger partial charge in [0.05, 0.1) is 15.9 Å². The van der Waals surface area contributed by atoms with Gasteiger partial charge in [-0.3, -0.25) is 9.59 Å². The van der Waals surface area contributed by atoms with Gasteiger partial charge in [0.25, 0.3) is 0 Å². The van der Waals surface area contributed by atoms with Crippen molar-refractivity contribution >= 4 is 42.9 Å². The van der Waals surface area contributed by atoms with Gasteiger partial charge in [-0.05, 0) is 35.4 Å². The van der Waals surface area contributed by atoms with Crippen LogP contribution in [0, 0.1) is 0 Å². The van der Waals surface area contributed by atoms with Crippen LogP contribution >= 0.6 is 31.9 Å². The summed E-state index contributed by atoms with van der Waals surface area (Å²) in [6.07, 6.45) is 0. The Kier molecular flexibility index (Phi) is 3.82. The van der Waals surface area contributed by atoms with E-state index in [1.165, 1.54) is 0 Å². The zero-order valence-electron chi connectivity index (χ0n) is 10.7. The number of rotatable bonds is 2. The van der Waals surface area contributed by atoms with Crippen LogP contribution in [0.3, 0.4) is 0 Å². The highest BCUT2D eigenvalue weighted by Crippen LogP contribution is 2.32. The van der Waals surface area contributed by atoms with Crippen LogP contribution in [0.15, 0.2) is 56.5 Å². The standard InChI is InChI=1S/C15H10Br2N2O2/c16-10-3-1-2-8(6-10)13(17)9-4-5-11-12(7-9)19-15(21)14(20)18-11/h1-7,13H,(H,18,20)(H,19,21). The first-order valence-electron chi connectivity index (χ1n) is 6.20. The van der Waals surface area contributed by atoms with Gasteiger partial charge in [0.2, 0.25) is 0 Å². The highest BCUT2D eigenvalue weighted by atomic mass is 79.9. The lowest BCUT2D eigenvalue weighted by Gasteiger charge is -2.12. The SMILES string of the molecule is O=c1[nH]c2ccc(C(Br)c3cccc(Br)c3)cc2[nH]c1=O. The van der Waals surface area contributed by atoms with Crippen LogP contribution in [0.1, 0.15) is 16.0 Å². The van der Waals surface area contributed by atoms with E-state index in [4.69, 9.17) is 0 Å². The maximum atomic E-state index is 11.4. The normalized spacial score (nSPS) is 12.5. The van der Waals surface area contributed by atoms with Gasteiger partial charge in [0.15, 0.2) is 0 Å². The number of fused-ring (bicyclic) bond motifs is 1. The van der Waals surface area contributed by atoms with Crippen molar-refractivity contribution in [1.29, 1.82) is 0 Å². The largest absolute Gasteiger partial charge is 0.316 e. The molecule has 3 aromatic rings. The Morgan fingerprint density at radius 1 is 0.857 bits per heavy atom. The Bertz CT molecular complexity index is 931. The third-order valence-corrected chi connectivity index (χ3v) is 4.73. The average Bonchev–Trinajstić information content (AvgIpc) is 2.47. The topological polar surface area (TPSA) is 65.7 Å². The van der Waals surface area contributed by atoms with E-state index >= 15 is 0 Å². The molecule has 1 aromatic heterocycles. The van der Waals surface area contributed by atoms with Crippen LogP contribution in [-0.4, -0.2) is 9.97 Å². The van der Waals surface area contributed by atoms with Crippen molar-refractivity contribution in [2.24, 2.45) is 0 Å². The first-order valence-corrected chi connectivity index (χ1v) is 7.91. The van der Waals surface area contributed by atoms with Gasteiger partial charge in [0, 0.05) is 4.47 Å². The van der Waals surface area contributed by atoms with Crippen LogP contribution < -0.4 is 11.1 Å². The fraction of sp³-hybridized carbons (Fsp3) is 0.0667. The van der Waals surface area contributed by atoms with Crippen molar-refractivity contribution in [2.45, 2.75) is 4.83 Å². The smallest absolute Gasteiger partial charge is 0.314 e. The molecule has 6 heteroatoms. The van der Waals surface area contributed by atoms with Crippen molar-refractivity contribution in [3.63, 3.8) is 0 Å². The second kappa shape index (κ2) is 5.61. The Morgan fingerprint density at radius 3 is 2.24 bits per heavy atom. The second-order valence-electron chi connectivity index (χ2n) is 4.63. The molecule has 0 amide bonds. The molecule has 0 saturated carbocycles. The number of aromatic nitrogens is 2. The zero-order chi connectivity index (χ0) is 15.0. The van der Waals surface area contributed by atoms with E-state index in [1.807, 2.05) is 36.4 Å². The molecular weight excluding hydrogens is 400 g/mol. The van der Waals surface area contributed by atoms with Crippen molar-refractivity contribution in [3.8, 4) is 0 Å². The highest BCUT2D eigenvalue weighted by Gasteiger charge is 2.12. The van der Waals surface area contributed by atoms with Gasteiger partial charge >= 0.3 is 11.1 Å². The molecule has 0 bridgehead atoms. The Hall–Kier alpha value is -1.66. The Balaban J connectivity index is 2.10. The molecule has 2 N–H and O–H groups in total. The third kappa shape index (κ3) is 2.87. The maximum Gasteiger partial charge on any atom is 0.314 e. The lowest BCUT2D eigenvalue weighted by molar-refractivity contribution is 1.13. The summed E-state index contributed by atoms with van der Waals surface area (Å²) in [5, 5.41) is 0. The van der Waals surface area contributed by atoms with Crippen LogP contribution in [0.4, 0.5) is 0 Å². The van der Waals surface area contributed by atoms with E-state index in [1.54, 1.807) is 6.07 Å². The Morgan fingerprint density at radius 2 is 1.52 bits per heavy atom. The molecule has 2 aromatic carbocycles. The number of hydrogen-bond donors (Lipinski definition) is 2. The van der Waals surface area contributed by atoms with Gasteiger partial charge < -0.3 is 9.97 Å². The predicted octanol–water partition coefficient (Wildman–Crippen LogP) is 3.46. The predicted molar refractivity (Wildman–Crippen MR) is 90.1 cm³/mol. The van der Waals surface area contributed by atoms with Gasteiger partial charge in [-0.15, -0.1) is 0 Å². The second-order valence-corrected chi connectivity index (χ2v) is 6.46. The molecule has 106 valence electrons. The fourth-order valence-corrected chi connectivity index (χ4v) is 3.13. The van der Waals surface area contributed by atoms with E-state index in [9.17, 15) is 9.59 Å². The molecule has 0 aliphatic carbocycles. The van der Waals surface area contributed by atoms with E-state index in [2.05, 4.69) is 41.8 Å². The van der Waals surface area contributed by atoms with Crippen molar-refractivity contribution in [3.05, 3.63) is 78.8 Å². The lowest BCUT2D eigenvalue weighted by Crippen LogP contribution is -2.28. The van der Waals surface area contributed by atoms with Gasteiger partial charge in [-0.2, -0.15) is 0 Å². The Labute approximate surface area is 136 Å². The molecule has 0 aliphatic rings. The minimum atomic E-state index is -0.645. The summed E-state index contributed by atoms with van der Waals surface area (Å²) in [6.45, 7) is 0. The first-order chi connectivity index (χ1) is 10.0. The van der Waals surface area contributed by atoms with E-state index in [0.29, 0.717) is 11.0 Å². The van der Waals surface area contributed by atoms with Crippen molar-refractivity contribution in [2.75, 3.05) is 0 Å². The molecule has 0 aliphatic heterocycles. The molecule has 1 atom stereocenters. The highest BCUT2D eigenvalue weighted by molar-refractivity contribution is 9.10. The number of halogens is 2. The molecule has 3 rings (SSSR count). The van der Waals surface area contributed by atoms with Crippen LogP contribution in [0.25, 0.3) is 11.0 Å². The van der Waals surface area contributed by atoms with Gasteiger partial charge in [0.1, 0.15) is 0 Å². The van der Waals surface area contributed by atoms with Crippen LogP contribution in [0.5, 0.6) is 0 Å². The molecule has 0 fully saturated rings. The van der Waals surface area contributed by atoms with Gasteiger partial charge in [-0.25, -0.2) is 0 Å². The number of nitrogens with one attached hydrogen (secondary N) is 2. The molecule has 1 unspecified atom stereocenters. The number of H-pyrrole nitrogens is 2. The van der Waals surface area contributed by atoms with E-state index < -0.39 is 11.1 Å². The van der Waals surface area contributed by atoms with Gasteiger partial charge in [-0.1, -0.05) is 50.1 Å². The minimum Gasteiger partial charge on any atom is -0.316 e. The molecule has 0 radical (unpaired) electrons. The van der Waals surface area contributed by atoms with E-state index in [0.717, 1.165) is 15.6 Å². The number of alkyl halides is 1. The molecular formula is C15H10Br2N2O2. The molecule has 1 heterocycles. The van der Waals surface area contributed by atoms with E-state index in [-0.39, 0.29) is 4.83 Å². The van der Waals surface area contributed by atoms with Crippen LogP contribution in [-0.2, 0) is 0 Å². The summed E-state index contributed by atoms with van der Waals surface area (Å²) in [6, 6.07) is 13.5. The summed E-state index contributed by atoms with van der Waals surface area (Å²) >= 11 is 7.11. The number of hydrogen-bond acceptors (Lipinski definition) is 2. The first kappa shape index (κ1) is 14.3. The number of aromatic amines is 2. The molecule has 4 nitrogen and oxygen atoms in total. The monoisotopic (exact) mass is 408 g/mol. The third-order valence-electron chi connectivity index (χ3n) is 3.18. The number of benzene rings is 2. The quantitative estimate of drug-likeness (QED) is 0.502. The lowest BCUT2D eigenvalue weighted by atomic mass is 10.0. The molecule has 0 spiro atoms. The summed E-state index contributed by atoms with van der Waals surface area (Å²) < 4.78 is 1.00. The fourth-order valence-electron chi connectivity index (χ4n) is 2.15. The maximum absolute atomic E-state index is 11.4. The summed E-state index contributed by atoms with van der Waals surface area (Å²) in [5.74, 6) is 0. The molecule has 21 heavy (non-hydrogen) atoms. The molecule has 0 saturated heterocycles. The minimum absolute atomic E-state index is 0.00479. The average molecular weight is 410 g/mol.